The first-order valence-electron chi connectivity index (χ1n) is 8.72. The fourth-order valence-corrected chi connectivity index (χ4v) is 4.96. The van der Waals surface area contributed by atoms with Gasteiger partial charge in [-0.1, -0.05) is 34.6 Å². The highest BCUT2D eigenvalue weighted by Gasteiger charge is 2.67. The number of aliphatic carboxylic acids is 4. The number of carbonyl (C=O) groups is 4. The Morgan fingerprint density at radius 2 is 0.923 bits per heavy atom. The fourth-order valence-electron chi connectivity index (χ4n) is 4.96. The summed E-state index contributed by atoms with van der Waals surface area (Å²) >= 11 is 0. The monoisotopic (exact) mass is 372 g/mol. The molecule has 1 rings (SSSR count). The van der Waals surface area contributed by atoms with Crippen LogP contribution in [-0.2, 0) is 19.2 Å². The Balaban J connectivity index is 3.79. The van der Waals surface area contributed by atoms with Gasteiger partial charge in [-0.2, -0.15) is 0 Å². The van der Waals surface area contributed by atoms with Crippen molar-refractivity contribution in [2.45, 2.75) is 47.5 Å². The first-order chi connectivity index (χ1) is 11.8. The van der Waals surface area contributed by atoms with Gasteiger partial charge in [-0.3, -0.25) is 19.2 Å². The zero-order valence-electron chi connectivity index (χ0n) is 15.7. The summed E-state index contributed by atoms with van der Waals surface area (Å²) < 4.78 is 0. The minimum absolute atomic E-state index is 0.149. The lowest BCUT2D eigenvalue weighted by molar-refractivity contribution is -0.188. The van der Waals surface area contributed by atoms with Gasteiger partial charge < -0.3 is 20.4 Å². The zero-order valence-corrected chi connectivity index (χ0v) is 15.7. The molecular formula is C18H28O8. The maximum Gasteiger partial charge on any atom is 0.321 e. The molecule has 148 valence electrons. The van der Waals surface area contributed by atoms with Crippen molar-refractivity contribution in [3.05, 3.63) is 0 Å². The first kappa shape index (κ1) is 21.9. The number of carboxylic acid groups (broad SMARTS) is 4. The van der Waals surface area contributed by atoms with Crippen molar-refractivity contribution in [1.29, 1.82) is 0 Å². The van der Waals surface area contributed by atoms with Crippen molar-refractivity contribution in [2.75, 3.05) is 0 Å². The van der Waals surface area contributed by atoms with Crippen LogP contribution in [0.5, 0.6) is 0 Å². The van der Waals surface area contributed by atoms with E-state index in [1.807, 2.05) is 0 Å². The van der Waals surface area contributed by atoms with E-state index in [0.29, 0.717) is 0 Å². The molecule has 1 aliphatic rings. The van der Waals surface area contributed by atoms with E-state index in [-0.39, 0.29) is 18.8 Å². The zero-order chi connectivity index (χ0) is 20.6. The van der Waals surface area contributed by atoms with E-state index >= 15 is 0 Å². The molecule has 0 spiro atoms. The standard InChI is InChI=1S/C18H28O8/c1-8(2)17(13(19)20,14(21)22)11-6-10(5)7-12(11)18(9(3)4,15(23)24)16(25)26/h8-12H,6-7H2,1-5H3,(H,19,20)(H,21,22)(H,23,24)(H,25,26). The van der Waals surface area contributed by atoms with E-state index in [0.717, 1.165) is 0 Å². The van der Waals surface area contributed by atoms with Crippen LogP contribution in [0.25, 0.3) is 0 Å². The summed E-state index contributed by atoms with van der Waals surface area (Å²) in [4.78, 5) is 48.4. The van der Waals surface area contributed by atoms with Gasteiger partial charge in [0.2, 0.25) is 0 Å². The van der Waals surface area contributed by atoms with Gasteiger partial charge in [0.15, 0.2) is 10.8 Å². The minimum Gasteiger partial charge on any atom is -0.480 e. The molecule has 0 aliphatic heterocycles. The van der Waals surface area contributed by atoms with Crippen LogP contribution < -0.4 is 0 Å². The maximum absolute atomic E-state index is 12.1. The van der Waals surface area contributed by atoms with Crippen LogP contribution in [-0.4, -0.2) is 44.3 Å². The molecular weight excluding hydrogens is 344 g/mol. The predicted molar refractivity (Wildman–Crippen MR) is 90.5 cm³/mol. The molecule has 0 saturated heterocycles. The lowest BCUT2D eigenvalue weighted by atomic mass is 9.55. The lowest BCUT2D eigenvalue weighted by Gasteiger charge is -2.44. The first-order valence-corrected chi connectivity index (χ1v) is 8.72. The predicted octanol–water partition coefficient (Wildman–Crippen LogP) is 2.27. The molecule has 0 heterocycles. The SMILES string of the molecule is CC1CC(C(C(=O)O)(C(=O)O)C(C)C)C(C(C(=O)O)(C(=O)O)C(C)C)C1. The van der Waals surface area contributed by atoms with Crippen molar-refractivity contribution >= 4 is 23.9 Å². The molecule has 1 fully saturated rings. The summed E-state index contributed by atoms with van der Waals surface area (Å²) in [5.41, 5.74) is -4.50. The van der Waals surface area contributed by atoms with Crippen molar-refractivity contribution in [3.63, 3.8) is 0 Å². The van der Waals surface area contributed by atoms with E-state index in [4.69, 9.17) is 0 Å². The molecule has 0 aromatic carbocycles. The quantitative estimate of drug-likeness (QED) is 0.474. The Kier molecular flexibility index (Phi) is 6.11. The van der Waals surface area contributed by atoms with Crippen LogP contribution in [0.1, 0.15) is 47.5 Å². The number of rotatable bonds is 8. The molecule has 1 aliphatic carbocycles. The molecule has 0 bridgehead atoms. The van der Waals surface area contributed by atoms with Crippen LogP contribution >= 0.6 is 0 Å². The van der Waals surface area contributed by atoms with Gasteiger partial charge >= 0.3 is 23.9 Å². The molecule has 0 aromatic heterocycles. The largest absolute Gasteiger partial charge is 0.480 e. The molecule has 4 N–H and O–H groups in total. The molecule has 8 nitrogen and oxygen atoms in total. The molecule has 0 radical (unpaired) electrons. The van der Waals surface area contributed by atoms with Crippen molar-refractivity contribution in [2.24, 2.45) is 40.4 Å². The van der Waals surface area contributed by atoms with Crippen molar-refractivity contribution in [3.8, 4) is 0 Å². The molecule has 2 atom stereocenters. The Bertz CT molecular complexity index is 526. The summed E-state index contributed by atoms with van der Waals surface area (Å²) in [7, 11) is 0. The Labute approximate surface area is 152 Å². The summed E-state index contributed by atoms with van der Waals surface area (Å²) in [6, 6.07) is 0. The second-order valence-corrected chi connectivity index (χ2v) is 8.06. The third kappa shape index (κ3) is 2.85. The topological polar surface area (TPSA) is 149 Å². The summed E-state index contributed by atoms with van der Waals surface area (Å²) in [5.74, 6) is -10.3. The highest BCUT2D eigenvalue weighted by molar-refractivity contribution is 6.01. The second kappa shape index (κ2) is 7.25. The molecule has 1 saturated carbocycles. The minimum atomic E-state index is -2.25. The van der Waals surface area contributed by atoms with Crippen LogP contribution in [0.4, 0.5) is 0 Å². The smallest absolute Gasteiger partial charge is 0.321 e. The Morgan fingerprint density at radius 1 is 0.692 bits per heavy atom. The van der Waals surface area contributed by atoms with E-state index in [2.05, 4.69) is 0 Å². The number of carboxylic acids is 4. The van der Waals surface area contributed by atoms with E-state index in [9.17, 15) is 39.6 Å². The van der Waals surface area contributed by atoms with E-state index in [1.54, 1.807) is 6.92 Å². The van der Waals surface area contributed by atoms with Crippen LogP contribution in [0.3, 0.4) is 0 Å². The molecule has 8 heteroatoms. The number of hydrogen-bond acceptors (Lipinski definition) is 4. The van der Waals surface area contributed by atoms with Gasteiger partial charge in [0, 0.05) is 0 Å². The average Bonchev–Trinajstić information content (AvgIpc) is 2.79. The van der Waals surface area contributed by atoms with Gasteiger partial charge in [0.05, 0.1) is 0 Å². The van der Waals surface area contributed by atoms with Gasteiger partial charge in [-0.05, 0) is 42.4 Å². The van der Waals surface area contributed by atoms with Gasteiger partial charge in [-0.15, -0.1) is 0 Å². The summed E-state index contributed by atoms with van der Waals surface area (Å²) in [6.07, 6.45) is 0.299. The van der Waals surface area contributed by atoms with Crippen molar-refractivity contribution in [1.82, 2.24) is 0 Å². The maximum atomic E-state index is 12.1. The third-order valence-corrected chi connectivity index (χ3v) is 6.20. The molecule has 2 unspecified atom stereocenters. The summed E-state index contributed by atoms with van der Waals surface area (Å²) in [6.45, 7) is 7.60. The van der Waals surface area contributed by atoms with Crippen LogP contribution in [0.2, 0.25) is 0 Å². The highest BCUT2D eigenvalue weighted by Crippen LogP contribution is 2.58. The molecule has 26 heavy (non-hydrogen) atoms. The van der Waals surface area contributed by atoms with E-state index < -0.39 is 58.4 Å². The van der Waals surface area contributed by atoms with Gasteiger partial charge in [0.25, 0.3) is 0 Å². The average molecular weight is 372 g/mol. The third-order valence-electron chi connectivity index (χ3n) is 6.20. The van der Waals surface area contributed by atoms with Crippen LogP contribution in [0, 0.1) is 40.4 Å². The Morgan fingerprint density at radius 3 is 1.08 bits per heavy atom. The van der Waals surface area contributed by atoms with Gasteiger partial charge in [-0.25, -0.2) is 0 Å². The summed E-state index contributed by atoms with van der Waals surface area (Å²) in [5, 5.41) is 39.3. The second-order valence-electron chi connectivity index (χ2n) is 8.06. The molecule has 0 aromatic rings. The highest BCUT2D eigenvalue weighted by atomic mass is 16.4. The number of hydrogen-bond donors (Lipinski definition) is 4. The Hall–Kier alpha value is -2.12. The normalized spacial score (nSPS) is 24.0. The molecule has 0 amide bonds. The van der Waals surface area contributed by atoms with Crippen LogP contribution in [0.15, 0.2) is 0 Å². The van der Waals surface area contributed by atoms with Crippen molar-refractivity contribution < 1.29 is 39.6 Å². The van der Waals surface area contributed by atoms with Gasteiger partial charge in [0.1, 0.15) is 0 Å². The van der Waals surface area contributed by atoms with E-state index in [1.165, 1.54) is 27.7 Å². The lowest BCUT2D eigenvalue weighted by Crippen LogP contribution is -2.58. The fraction of sp³-hybridized carbons (Fsp3) is 0.778.